The van der Waals surface area contributed by atoms with Crippen molar-refractivity contribution >= 4 is 21.7 Å². The van der Waals surface area contributed by atoms with Crippen LogP contribution in [-0.4, -0.2) is 15.3 Å². The molecule has 0 unspecified atom stereocenters. The average molecular weight is 347 g/mol. The number of aryl methyl sites for hydroxylation is 1. The van der Waals surface area contributed by atoms with Crippen LogP contribution in [0.15, 0.2) is 35.1 Å². The summed E-state index contributed by atoms with van der Waals surface area (Å²) in [4.78, 5) is 16.0. The monoisotopic (exact) mass is 346 g/mol. The van der Waals surface area contributed by atoms with Gasteiger partial charge in [0, 0.05) is 29.5 Å². The second kappa shape index (κ2) is 5.40. The van der Waals surface area contributed by atoms with E-state index in [0.29, 0.717) is 5.82 Å². The molecule has 0 bridgehead atoms. The van der Waals surface area contributed by atoms with Gasteiger partial charge in [0.15, 0.2) is 5.78 Å². The van der Waals surface area contributed by atoms with Gasteiger partial charge in [-0.25, -0.2) is 4.98 Å². The maximum Gasteiger partial charge on any atom is 0.417 e. The summed E-state index contributed by atoms with van der Waals surface area (Å²) < 4.78 is 40.7. The van der Waals surface area contributed by atoms with Gasteiger partial charge >= 0.3 is 6.18 Å². The molecule has 1 aromatic heterocycles. The predicted molar refractivity (Wildman–Crippen MR) is 70.4 cm³/mol. The van der Waals surface area contributed by atoms with Gasteiger partial charge in [-0.1, -0.05) is 15.9 Å². The van der Waals surface area contributed by atoms with Gasteiger partial charge in [0.05, 0.1) is 12.0 Å². The molecule has 1 aromatic carbocycles. The molecular formula is C13H10BrF3N2O. The molecule has 0 N–H and O–H groups in total. The third kappa shape index (κ3) is 3.09. The molecule has 3 nitrogen and oxygen atoms in total. The number of aromatic nitrogens is 2. The summed E-state index contributed by atoms with van der Waals surface area (Å²) in [6.45, 7) is 0. The van der Waals surface area contributed by atoms with Gasteiger partial charge in [0.2, 0.25) is 0 Å². The molecule has 20 heavy (non-hydrogen) atoms. The Balaban J connectivity index is 2.37. The summed E-state index contributed by atoms with van der Waals surface area (Å²) in [5, 5.41) is 0. The minimum absolute atomic E-state index is 0.172. The first-order valence-electron chi connectivity index (χ1n) is 5.65. The lowest BCUT2D eigenvalue weighted by Gasteiger charge is -2.12. The number of hydrogen-bond donors (Lipinski definition) is 0. The molecular weight excluding hydrogens is 337 g/mol. The van der Waals surface area contributed by atoms with Crippen LogP contribution in [0.25, 0.3) is 0 Å². The number of alkyl halides is 3. The Kier molecular flexibility index (Phi) is 3.99. The van der Waals surface area contributed by atoms with Crippen LogP contribution in [0.3, 0.4) is 0 Å². The molecule has 0 saturated carbocycles. The van der Waals surface area contributed by atoms with Gasteiger partial charge in [0.25, 0.3) is 0 Å². The summed E-state index contributed by atoms with van der Waals surface area (Å²) in [5.41, 5.74) is -1.28. The quantitative estimate of drug-likeness (QED) is 0.795. The van der Waals surface area contributed by atoms with Crippen LogP contribution in [0.2, 0.25) is 0 Å². The molecule has 0 radical (unpaired) electrons. The molecule has 0 amide bonds. The molecule has 1 heterocycles. The van der Waals surface area contributed by atoms with Crippen molar-refractivity contribution in [2.45, 2.75) is 12.6 Å². The summed E-state index contributed by atoms with van der Waals surface area (Å²) in [6, 6.07) is 3.50. The Bertz CT molecular complexity index is 649. The lowest BCUT2D eigenvalue weighted by molar-refractivity contribution is -0.138. The molecule has 0 saturated heterocycles. The molecule has 0 aliphatic heterocycles. The van der Waals surface area contributed by atoms with E-state index in [4.69, 9.17) is 0 Å². The molecule has 0 spiro atoms. The van der Waals surface area contributed by atoms with E-state index >= 15 is 0 Å². The second-order valence-electron chi connectivity index (χ2n) is 4.24. The van der Waals surface area contributed by atoms with Gasteiger partial charge in [-0.05, 0) is 18.2 Å². The zero-order chi connectivity index (χ0) is 14.9. The van der Waals surface area contributed by atoms with E-state index in [-0.39, 0.29) is 16.5 Å². The molecule has 0 fully saturated rings. The summed E-state index contributed by atoms with van der Waals surface area (Å²) in [5.74, 6) is -0.190. The van der Waals surface area contributed by atoms with Crippen molar-refractivity contribution in [3.8, 4) is 0 Å². The summed E-state index contributed by atoms with van der Waals surface area (Å²) in [6.07, 6.45) is -1.62. The summed E-state index contributed by atoms with van der Waals surface area (Å²) in [7, 11) is 1.68. The van der Waals surface area contributed by atoms with Crippen LogP contribution in [0.4, 0.5) is 13.2 Å². The van der Waals surface area contributed by atoms with Crippen molar-refractivity contribution < 1.29 is 18.0 Å². The fourth-order valence-corrected chi connectivity index (χ4v) is 2.16. The number of Topliss-reactive ketones (excluding diaryl/α,β-unsaturated/α-hetero) is 1. The van der Waals surface area contributed by atoms with Gasteiger partial charge in [-0.15, -0.1) is 0 Å². The van der Waals surface area contributed by atoms with Crippen LogP contribution in [-0.2, 0) is 19.6 Å². The van der Waals surface area contributed by atoms with E-state index in [1.807, 2.05) is 0 Å². The number of benzene rings is 1. The van der Waals surface area contributed by atoms with E-state index < -0.39 is 17.5 Å². The first kappa shape index (κ1) is 14.8. The molecule has 0 aliphatic rings. The number of imidazole rings is 1. The third-order valence-electron chi connectivity index (χ3n) is 2.83. The minimum Gasteiger partial charge on any atom is -0.338 e. The van der Waals surface area contributed by atoms with Gasteiger partial charge in [0.1, 0.15) is 5.82 Å². The van der Waals surface area contributed by atoms with Crippen molar-refractivity contribution in [3.05, 3.63) is 52.0 Å². The van der Waals surface area contributed by atoms with Crippen molar-refractivity contribution in [1.29, 1.82) is 0 Å². The normalized spacial score (nSPS) is 11.7. The number of hydrogen-bond acceptors (Lipinski definition) is 2. The zero-order valence-electron chi connectivity index (χ0n) is 10.4. The highest BCUT2D eigenvalue weighted by Gasteiger charge is 2.35. The standard InChI is InChI=1S/C13H10BrF3N2O/c1-19-5-4-18-12(19)7-11(20)9-3-2-8(14)6-10(9)13(15,16)17/h2-6H,7H2,1H3. The molecule has 2 aromatic rings. The van der Waals surface area contributed by atoms with E-state index in [2.05, 4.69) is 20.9 Å². The Morgan fingerprint density at radius 2 is 2.10 bits per heavy atom. The van der Waals surface area contributed by atoms with Gasteiger partial charge < -0.3 is 4.57 Å². The number of ketones is 1. The lowest BCUT2D eigenvalue weighted by atomic mass is 10.0. The SMILES string of the molecule is Cn1ccnc1CC(=O)c1ccc(Br)cc1C(F)(F)F. The Morgan fingerprint density at radius 3 is 2.65 bits per heavy atom. The second-order valence-corrected chi connectivity index (χ2v) is 5.16. The number of halogens is 4. The molecule has 0 aliphatic carbocycles. The number of carbonyl (C=O) groups excluding carboxylic acids is 1. The van der Waals surface area contributed by atoms with E-state index in [1.54, 1.807) is 17.8 Å². The molecule has 0 atom stereocenters. The first-order chi connectivity index (χ1) is 9.29. The van der Waals surface area contributed by atoms with E-state index in [1.165, 1.54) is 18.3 Å². The Hall–Kier alpha value is -1.63. The first-order valence-corrected chi connectivity index (χ1v) is 6.44. The van der Waals surface area contributed by atoms with Gasteiger partial charge in [-0.2, -0.15) is 13.2 Å². The highest BCUT2D eigenvalue weighted by Crippen LogP contribution is 2.34. The van der Waals surface area contributed by atoms with E-state index in [9.17, 15) is 18.0 Å². The molecule has 7 heteroatoms. The highest BCUT2D eigenvalue weighted by atomic mass is 79.9. The Morgan fingerprint density at radius 1 is 1.40 bits per heavy atom. The predicted octanol–water partition coefficient (Wildman–Crippen LogP) is 3.63. The highest BCUT2D eigenvalue weighted by molar-refractivity contribution is 9.10. The van der Waals surface area contributed by atoms with Crippen LogP contribution in [0, 0.1) is 0 Å². The topological polar surface area (TPSA) is 34.9 Å². The fourth-order valence-electron chi connectivity index (χ4n) is 1.80. The van der Waals surface area contributed by atoms with Crippen molar-refractivity contribution in [1.82, 2.24) is 9.55 Å². The molecule has 2 rings (SSSR count). The Labute approximate surface area is 121 Å². The smallest absolute Gasteiger partial charge is 0.338 e. The van der Waals surface area contributed by atoms with Crippen molar-refractivity contribution in [2.24, 2.45) is 7.05 Å². The van der Waals surface area contributed by atoms with Crippen molar-refractivity contribution in [3.63, 3.8) is 0 Å². The maximum absolute atomic E-state index is 13.0. The molecule has 106 valence electrons. The average Bonchev–Trinajstić information content (AvgIpc) is 2.73. The fraction of sp³-hybridized carbons (Fsp3) is 0.231. The van der Waals surface area contributed by atoms with Crippen molar-refractivity contribution in [2.75, 3.05) is 0 Å². The van der Waals surface area contributed by atoms with Crippen LogP contribution < -0.4 is 0 Å². The number of carbonyl (C=O) groups is 1. The number of rotatable bonds is 3. The van der Waals surface area contributed by atoms with E-state index in [0.717, 1.165) is 6.07 Å². The lowest BCUT2D eigenvalue weighted by Crippen LogP contribution is -2.16. The van der Waals surface area contributed by atoms with Crippen LogP contribution in [0.5, 0.6) is 0 Å². The number of nitrogens with zero attached hydrogens (tertiary/aromatic N) is 2. The van der Waals surface area contributed by atoms with Crippen LogP contribution in [0.1, 0.15) is 21.7 Å². The third-order valence-corrected chi connectivity index (χ3v) is 3.32. The van der Waals surface area contributed by atoms with Gasteiger partial charge in [-0.3, -0.25) is 4.79 Å². The summed E-state index contributed by atoms with van der Waals surface area (Å²) >= 11 is 2.98. The maximum atomic E-state index is 13.0. The minimum atomic E-state index is -4.57. The van der Waals surface area contributed by atoms with Crippen LogP contribution >= 0.6 is 15.9 Å². The largest absolute Gasteiger partial charge is 0.417 e. The zero-order valence-corrected chi connectivity index (χ0v) is 12.0.